The number of rotatable bonds is 2. The minimum Gasteiger partial charge on any atom is -0.398 e. The lowest BCUT2D eigenvalue weighted by Gasteiger charge is -2.35. The number of nitrogens with two attached hydrogens (primary N) is 1. The molecule has 19 heavy (non-hydrogen) atoms. The maximum atomic E-state index is 6.00. The first-order chi connectivity index (χ1) is 9.18. The van der Waals surface area contributed by atoms with E-state index in [9.17, 15) is 0 Å². The van der Waals surface area contributed by atoms with E-state index in [2.05, 4.69) is 17.2 Å². The lowest BCUT2D eigenvalue weighted by molar-refractivity contribution is 0.0541. The predicted molar refractivity (Wildman–Crippen MR) is 78.2 cm³/mol. The van der Waals surface area contributed by atoms with Crippen LogP contribution < -0.4 is 11.1 Å². The molecule has 2 heterocycles. The molecule has 1 unspecified atom stereocenters. The van der Waals surface area contributed by atoms with Crippen LogP contribution in [0.5, 0.6) is 0 Å². The standard InChI is InChI=1S/C15H19N3O/c1-15(7-3-9-19-10-15)18-13-6-5-12(16)11-4-2-8-17-14(11)13/h2,4-6,8,18H,3,7,9-10,16H2,1H3. The van der Waals surface area contributed by atoms with Gasteiger partial charge in [-0.05, 0) is 44.0 Å². The Morgan fingerprint density at radius 2 is 2.26 bits per heavy atom. The number of hydrogen-bond acceptors (Lipinski definition) is 4. The normalized spacial score (nSPS) is 23.4. The van der Waals surface area contributed by atoms with Crippen LogP contribution in [0.3, 0.4) is 0 Å². The van der Waals surface area contributed by atoms with Gasteiger partial charge in [-0.3, -0.25) is 4.98 Å². The third-order valence-electron chi connectivity index (χ3n) is 3.68. The second kappa shape index (κ2) is 4.70. The van der Waals surface area contributed by atoms with Crippen LogP contribution in [-0.4, -0.2) is 23.7 Å². The number of aromatic nitrogens is 1. The molecule has 1 aliphatic rings. The summed E-state index contributed by atoms with van der Waals surface area (Å²) >= 11 is 0. The van der Waals surface area contributed by atoms with Crippen molar-refractivity contribution in [2.45, 2.75) is 25.3 Å². The molecule has 3 rings (SSSR count). The van der Waals surface area contributed by atoms with Crippen molar-refractivity contribution in [3.05, 3.63) is 30.5 Å². The van der Waals surface area contributed by atoms with Crippen molar-refractivity contribution in [1.82, 2.24) is 4.98 Å². The first kappa shape index (κ1) is 12.2. The molecule has 1 saturated heterocycles. The zero-order chi connectivity index (χ0) is 13.3. The van der Waals surface area contributed by atoms with Crippen molar-refractivity contribution >= 4 is 22.3 Å². The summed E-state index contributed by atoms with van der Waals surface area (Å²) in [6.07, 6.45) is 3.99. The number of ether oxygens (including phenoxy) is 1. The van der Waals surface area contributed by atoms with E-state index in [1.807, 2.05) is 24.3 Å². The average molecular weight is 257 g/mol. The van der Waals surface area contributed by atoms with Gasteiger partial charge in [-0.2, -0.15) is 0 Å². The maximum absolute atomic E-state index is 6.00. The Morgan fingerprint density at radius 1 is 1.37 bits per heavy atom. The number of nitrogens with one attached hydrogen (secondary N) is 1. The summed E-state index contributed by atoms with van der Waals surface area (Å²) in [4.78, 5) is 4.46. The van der Waals surface area contributed by atoms with Crippen molar-refractivity contribution in [2.75, 3.05) is 24.3 Å². The van der Waals surface area contributed by atoms with Crippen LogP contribution in [-0.2, 0) is 4.74 Å². The molecule has 0 radical (unpaired) electrons. The van der Waals surface area contributed by atoms with Gasteiger partial charge in [0, 0.05) is 23.9 Å². The zero-order valence-electron chi connectivity index (χ0n) is 11.1. The summed E-state index contributed by atoms with van der Waals surface area (Å²) in [7, 11) is 0. The van der Waals surface area contributed by atoms with E-state index >= 15 is 0 Å². The van der Waals surface area contributed by atoms with E-state index in [1.54, 1.807) is 6.20 Å². The Bertz CT molecular complexity index is 591. The molecule has 0 spiro atoms. The van der Waals surface area contributed by atoms with Crippen LogP contribution in [0.4, 0.5) is 11.4 Å². The first-order valence-corrected chi connectivity index (χ1v) is 6.67. The van der Waals surface area contributed by atoms with Crippen molar-refractivity contribution in [3.8, 4) is 0 Å². The van der Waals surface area contributed by atoms with E-state index in [0.29, 0.717) is 0 Å². The van der Waals surface area contributed by atoms with E-state index in [-0.39, 0.29) is 5.54 Å². The van der Waals surface area contributed by atoms with Gasteiger partial charge in [-0.15, -0.1) is 0 Å². The molecule has 4 nitrogen and oxygen atoms in total. The highest BCUT2D eigenvalue weighted by Crippen LogP contribution is 2.30. The largest absolute Gasteiger partial charge is 0.398 e. The van der Waals surface area contributed by atoms with E-state index in [4.69, 9.17) is 10.5 Å². The molecule has 1 aromatic carbocycles. The number of nitrogens with zero attached hydrogens (tertiary/aromatic N) is 1. The third-order valence-corrected chi connectivity index (χ3v) is 3.68. The van der Waals surface area contributed by atoms with Crippen LogP contribution in [0.1, 0.15) is 19.8 Å². The molecule has 1 atom stereocenters. The van der Waals surface area contributed by atoms with Crippen LogP contribution in [0, 0.1) is 0 Å². The van der Waals surface area contributed by atoms with E-state index in [0.717, 1.165) is 48.3 Å². The van der Waals surface area contributed by atoms with Crippen LogP contribution in [0.2, 0.25) is 0 Å². The van der Waals surface area contributed by atoms with Gasteiger partial charge in [0.05, 0.1) is 23.3 Å². The highest BCUT2D eigenvalue weighted by Gasteiger charge is 2.28. The summed E-state index contributed by atoms with van der Waals surface area (Å²) in [5, 5.41) is 4.58. The molecule has 1 fully saturated rings. The Labute approximate surface area is 113 Å². The minimum atomic E-state index is -0.0290. The Balaban J connectivity index is 1.99. The fraction of sp³-hybridized carbons (Fsp3) is 0.400. The predicted octanol–water partition coefficient (Wildman–Crippen LogP) is 2.80. The average Bonchev–Trinajstić information content (AvgIpc) is 2.43. The number of hydrogen-bond donors (Lipinski definition) is 2. The highest BCUT2D eigenvalue weighted by molar-refractivity contribution is 5.98. The van der Waals surface area contributed by atoms with Crippen molar-refractivity contribution in [1.29, 1.82) is 0 Å². The third kappa shape index (κ3) is 2.36. The fourth-order valence-electron chi connectivity index (χ4n) is 2.65. The molecule has 100 valence electrons. The number of anilines is 2. The van der Waals surface area contributed by atoms with Crippen molar-refractivity contribution in [3.63, 3.8) is 0 Å². The van der Waals surface area contributed by atoms with Gasteiger partial charge in [-0.25, -0.2) is 0 Å². The molecule has 0 amide bonds. The van der Waals surface area contributed by atoms with Crippen molar-refractivity contribution < 1.29 is 4.74 Å². The maximum Gasteiger partial charge on any atom is 0.0954 e. The topological polar surface area (TPSA) is 60.2 Å². The first-order valence-electron chi connectivity index (χ1n) is 6.67. The van der Waals surface area contributed by atoms with Gasteiger partial charge >= 0.3 is 0 Å². The lowest BCUT2D eigenvalue weighted by Crippen LogP contribution is -2.43. The van der Waals surface area contributed by atoms with Gasteiger partial charge in [0.25, 0.3) is 0 Å². The molecule has 3 N–H and O–H groups in total. The van der Waals surface area contributed by atoms with Crippen LogP contribution >= 0.6 is 0 Å². The molecular formula is C15H19N3O. The van der Waals surface area contributed by atoms with Gasteiger partial charge in [-0.1, -0.05) is 0 Å². The minimum absolute atomic E-state index is 0.0290. The monoisotopic (exact) mass is 257 g/mol. The lowest BCUT2D eigenvalue weighted by atomic mass is 9.94. The number of fused-ring (bicyclic) bond motifs is 1. The molecule has 0 aliphatic carbocycles. The van der Waals surface area contributed by atoms with Gasteiger partial charge in [0.2, 0.25) is 0 Å². The molecule has 0 bridgehead atoms. The smallest absolute Gasteiger partial charge is 0.0954 e. The number of pyridine rings is 1. The zero-order valence-corrected chi connectivity index (χ0v) is 11.1. The van der Waals surface area contributed by atoms with Crippen molar-refractivity contribution in [2.24, 2.45) is 0 Å². The van der Waals surface area contributed by atoms with E-state index in [1.165, 1.54) is 0 Å². The summed E-state index contributed by atoms with van der Waals surface area (Å²) in [5.74, 6) is 0. The van der Waals surface area contributed by atoms with E-state index < -0.39 is 0 Å². The Hall–Kier alpha value is -1.81. The van der Waals surface area contributed by atoms with Crippen LogP contribution in [0.15, 0.2) is 30.5 Å². The summed E-state index contributed by atoms with van der Waals surface area (Å²) in [6.45, 7) is 3.78. The van der Waals surface area contributed by atoms with Gasteiger partial charge in [0.1, 0.15) is 0 Å². The molecular weight excluding hydrogens is 238 g/mol. The van der Waals surface area contributed by atoms with Gasteiger partial charge in [0.15, 0.2) is 0 Å². The molecule has 1 aliphatic heterocycles. The Kier molecular flexibility index (Phi) is 3.03. The number of nitrogen functional groups attached to an aromatic ring is 1. The quantitative estimate of drug-likeness (QED) is 0.812. The second-order valence-electron chi connectivity index (χ2n) is 5.44. The van der Waals surface area contributed by atoms with Crippen LogP contribution in [0.25, 0.3) is 10.9 Å². The molecule has 2 aromatic rings. The Morgan fingerprint density at radius 3 is 3.05 bits per heavy atom. The molecule has 4 heteroatoms. The summed E-state index contributed by atoms with van der Waals surface area (Å²) in [6, 6.07) is 7.85. The van der Waals surface area contributed by atoms with Gasteiger partial charge < -0.3 is 15.8 Å². The summed E-state index contributed by atoms with van der Waals surface area (Å²) < 4.78 is 5.59. The SMILES string of the molecule is CC1(Nc2ccc(N)c3cccnc23)CCCOC1. The highest BCUT2D eigenvalue weighted by atomic mass is 16.5. The fourth-order valence-corrected chi connectivity index (χ4v) is 2.65. The molecule has 0 saturated carbocycles. The summed E-state index contributed by atoms with van der Waals surface area (Å²) in [5.41, 5.74) is 8.68. The molecule has 1 aromatic heterocycles. The number of benzene rings is 1. The second-order valence-corrected chi connectivity index (χ2v) is 5.44.